The first-order valence-electron chi connectivity index (χ1n) is 8.47. The van der Waals surface area contributed by atoms with Gasteiger partial charge in [-0.3, -0.25) is 0 Å². The molecule has 0 amide bonds. The number of aromatic nitrogens is 4. The predicted octanol–water partition coefficient (Wildman–Crippen LogP) is 1.90. The molecule has 8 heteroatoms. The van der Waals surface area contributed by atoms with Gasteiger partial charge in [0.25, 0.3) is 0 Å². The third kappa shape index (κ3) is 3.01. The minimum Gasteiger partial charge on any atom is -0.381 e. The van der Waals surface area contributed by atoms with Crippen LogP contribution in [0.1, 0.15) is 5.56 Å². The van der Waals surface area contributed by atoms with E-state index in [1.54, 1.807) is 6.34 Å². The number of nitrogens with two attached hydrogens (primary N) is 1. The SMILES string of the molecule is CN(C)/C=N/c1ccccc1Cn1nc2c(N)nc3ccccc3n2c1=O. The van der Waals surface area contributed by atoms with E-state index in [0.717, 1.165) is 11.3 Å². The molecule has 2 aromatic heterocycles. The van der Waals surface area contributed by atoms with Gasteiger partial charge >= 0.3 is 5.69 Å². The number of nitrogens with zero attached hydrogens (tertiary/aromatic N) is 6. The van der Waals surface area contributed by atoms with Crippen molar-refractivity contribution < 1.29 is 0 Å². The van der Waals surface area contributed by atoms with Crippen LogP contribution in [-0.4, -0.2) is 44.5 Å². The second kappa shape index (κ2) is 6.56. The maximum Gasteiger partial charge on any atom is 0.351 e. The first-order chi connectivity index (χ1) is 13.0. The molecule has 4 aromatic rings. The fraction of sp³-hybridized carbons (Fsp3) is 0.158. The molecule has 2 N–H and O–H groups in total. The molecule has 136 valence electrons. The Balaban J connectivity index is 1.85. The number of para-hydroxylation sites is 3. The lowest BCUT2D eigenvalue weighted by Gasteiger charge is -2.06. The minimum absolute atomic E-state index is 0.225. The molecular formula is C19H19N7O. The van der Waals surface area contributed by atoms with Gasteiger partial charge in [0, 0.05) is 14.1 Å². The maximum atomic E-state index is 13.0. The maximum absolute atomic E-state index is 13.0. The van der Waals surface area contributed by atoms with E-state index >= 15 is 0 Å². The fourth-order valence-electron chi connectivity index (χ4n) is 2.93. The number of fused-ring (bicyclic) bond motifs is 3. The molecular weight excluding hydrogens is 342 g/mol. The highest BCUT2D eigenvalue weighted by atomic mass is 16.2. The molecule has 8 nitrogen and oxygen atoms in total. The van der Waals surface area contributed by atoms with Crippen molar-refractivity contribution in [2.45, 2.75) is 6.54 Å². The number of aliphatic imine (C=N–C) groups is 1. The number of benzene rings is 2. The van der Waals surface area contributed by atoms with Crippen LogP contribution >= 0.6 is 0 Å². The molecule has 0 bridgehead atoms. The van der Waals surface area contributed by atoms with Crippen LogP contribution in [0.15, 0.2) is 58.3 Å². The third-order valence-corrected chi connectivity index (χ3v) is 4.17. The van der Waals surface area contributed by atoms with Crippen molar-refractivity contribution in [3.05, 3.63) is 64.6 Å². The van der Waals surface area contributed by atoms with Crippen LogP contribution in [0, 0.1) is 0 Å². The zero-order valence-corrected chi connectivity index (χ0v) is 15.1. The van der Waals surface area contributed by atoms with Crippen LogP contribution in [0.25, 0.3) is 16.7 Å². The van der Waals surface area contributed by atoms with E-state index in [1.165, 1.54) is 9.08 Å². The normalized spacial score (nSPS) is 11.6. The summed E-state index contributed by atoms with van der Waals surface area (Å²) in [6, 6.07) is 15.0. The Hall–Kier alpha value is -3.68. The predicted molar refractivity (Wildman–Crippen MR) is 107 cm³/mol. The molecule has 0 spiro atoms. The largest absolute Gasteiger partial charge is 0.381 e. The first-order valence-corrected chi connectivity index (χ1v) is 8.47. The van der Waals surface area contributed by atoms with Crippen molar-refractivity contribution in [3.8, 4) is 0 Å². The fourth-order valence-corrected chi connectivity index (χ4v) is 2.93. The van der Waals surface area contributed by atoms with Crippen molar-refractivity contribution in [2.75, 3.05) is 19.8 Å². The van der Waals surface area contributed by atoms with Crippen LogP contribution in [-0.2, 0) is 6.54 Å². The number of hydrogen-bond acceptors (Lipinski definition) is 5. The molecule has 0 aliphatic rings. The van der Waals surface area contributed by atoms with Crippen molar-refractivity contribution in [1.29, 1.82) is 0 Å². The number of nitrogen functional groups attached to an aromatic ring is 1. The molecule has 2 heterocycles. The van der Waals surface area contributed by atoms with Crippen molar-refractivity contribution in [3.63, 3.8) is 0 Å². The van der Waals surface area contributed by atoms with Gasteiger partial charge in [-0.25, -0.2) is 23.9 Å². The van der Waals surface area contributed by atoms with E-state index in [-0.39, 0.29) is 18.1 Å². The topological polar surface area (TPSA) is 93.8 Å². The zero-order chi connectivity index (χ0) is 19.0. The molecule has 0 atom stereocenters. The lowest BCUT2D eigenvalue weighted by molar-refractivity contribution is 0.642. The average Bonchev–Trinajstić information content (AvgIpc) is 2.98. The van der Waals surface area contributed by atoms with Gasteiger partial charge < -0.3 is 10.6 Å². The minimum atomic E-state index is -0.262. The van der Waals surface area contributed by atoms with Crippen molar-refractivity contribution in [2.24, 2.45) is 4.99 Å². The Kier molecular flexibility index (Phi) is 4.08. The van der Waals surface area contributed by atoms with Gasteiger partial charge in [0.2, 0.25) is 5.65 Å². The van der Waals surface area contributed by atoms with Crippen molar-refractivity contribution >= 4 is 34.5 Å². The molecule has 0 aliphatic carbocycles. The van der Waals surface area contributed by atoms with E-state index in [9.17, 15) is 4.79 Å². The second-order valence-corrected chi connectivity index (χ2v) is 6.42. The standard InChI is InChI=1S/C19H19N7O/c1-24(2)12-21-14-8-4-3-7-13(14)11-25-19(27)26-16-10-6-5-9-15(16)22-17(20)18(26)23-25/h3-10,12H,11H2,1-2H3,(H2,20,22)/b21-12+. The molecule has 27 heavy (non-hydrogen) atoms. The molecule has 0 radical (unpaired) electrons. The molecule has 0 saturated carbocycles. The summed E-state index contributed by atoms with van der Waals surface area (Å²) in [7, 11) is 3.80. The molecule has 4 rings (SSSR count). The Labute approximate surface area is 155 Å². The van der Waals surface area contributed by atoms with Crippen LogP contribution in [0.5, 0.6) is 0 Å². The summed E-state index contributed by atoms with van der Waals surface area (Å²) in [5.41, 5.74) is 9.13. The van der Waals surface area contributed by atoms with Crippen molar-refractivity contribution in [1.82, 2.24) is 24.1 Å². The van der Waals surface area contributed by atoms with Gasteiger partial charge in [0.1, 0.15) is 0 Å². The molecule has 2 aromatic carbocycles. The number of hydrogen-bond donors (Lipinski definition) is 1. The molecule has 0 aliphatic heterocycles. The summed E-state index contributed by atoms with van der Waals surface area (Å²) >= 11 is 0. The zero-order valence-electron chi connectivity index (χ0n) is 15.1. The summed E-state index contributed by atoms with van der Waals surface area (Å²) in [6.07, 6.45) is 1.72. The van der Waals surface area contributed by atoms with E-state index in [2.05, 4.69) is 15.1 Å². The molecule has 0 saturated heterocycles. The summed E-state index contributed by atoms with van der Waals surface area (Å²) < 4.78 is 2.90. The van der Waals surface area contributed by atoms with Gasteiger partial charge in [-0.15, -0.1) is 5.10 Å². The van der Waals surface area contributed by atoms with Gasteiger partial charge in [-0.1, -0.05) is 30.3 Å². The van der Waals surface area contributed by atoms with E-state index < -0.39 is 0 Å². The second-order valence-electron chi connectivity index (χ2n) is 6.42. The summed E-state index contributed by atoms with van der Waals surface area (Å²) in [5.74, 6) is 0.225. The Morgan fingerprint density at radius 1 is 1.15 bits per heavy atom. The number of rotatable bonds is 4. The molecule has 0 unspecified atom stereocenters. The highest BCUT2D eigenvalue weighted by Gasteiger charge is 2.15. The Morgan fingerprint density at radius 3 is 2.70 bits per heavy atom. The average molecular weight is 361 g/mol. The third-order valence-electron chi connectivity index (χ3n) is 4.17. The number of anilines is 1. The van der Waals surface area contributed by atoms with Gasteiger partial charge in [-0.05, 0) is 23.8 Å². The van der Waals surface area contributed by atoms with Crippen LogP contribution < -0.4 is 11.4 Å². The van der Waals surface area contributed by atoms with Gasteiger partial charge in [-0.2, -0.15) is 0 Å². The first kappa shape index (κ1) is 16.8. The van der Waals surface area contributed by atoms with E-state index in [1.807, 2.05) is 67.5 Å². The summed E-state index contributed by atoms with van der Waals surface area (Å²) in [5, 5.41) is 4.41. The highest BCUT2D eigenvalue weighted by molar-refractivity contribution is 5.81. The Bertz CT molecular complexity index is 1220. The lowest BCUT2D eigenvalue weighted by atomic mass is 10.2. The van der Waals surface area contributed by atoms with E-state index in [4.69, 9.17) is 5.73 Å². The molecule has 0 fully saturated rings. The summed E-state index contributed by atoms with van der Waals surface area (Å²) in [4.78, 5) is 23.7. The van der Waals surface area contributed by atoms with Crippen LogP contribution in [0.3, 0.4) is 0 Å². The quantitative estimate of drug-likeness (QED) is 0.443. The van der Waals surface area contributed by atoms with E-state index in [0.29, 0.717) is 16.7 Å². The smallest absolute Gasteiger partial charge is 0.351 e. The van der Waals surface area contributed by atoms with Gasteiger partial charge in [0.05, 0.1) is 29.6 Å². The van der Waals surface area contributed by atoms with Gasteiger partial charge in [0.15, 0.2) is 5.82 Å². The monoisotopic (exact) mass is 361 g/mol. The van der Waals surface area contributed by atoms with Crippen LogP contribution in [0.2, 0.25) is 0 Å². The Morgan fingerprint density at radius 2 is 1.89 bits per heavy atom. The lowest BCUT2D eigenvalue weighted by Crippen LogP contribution is -2.22. The highest BCUT2D eigenvalue weighted by Crippen LogP contribution is 2.20. The summed E-state index contributed by atoms with van der Waals surface area (Å²) in [6.45, 7) is 0.287. The van der Waals surface area contributed by atoms with Crippen LogP contribution in [0.4, 0.5) is 11.5 Å².